The summed E-state index contributed by atoms with van der Waals surface area (Å²) in [5, 5.41) is 5.52. The predicted molar refractivity (Wildman–Crippen MR) is 92.3 cm³/mol. The zero-order valence-electron chi connectivity index (χ0n) is 12.9. The molecular weight excluding hydrogens is 300 g/mol. The Morgan fingerprint density at radius 3 is 2.71 bits per heavy atom. The molecule has 0 aliphatic rings. The topological polar surface area (TPSA) is 24.9 Å². The smallest absolute Gasteiger partial charge is 0.0896 e. The summed E-state index contributed by atoms with van der Waals surface area (Å²) < 4.78 is 0. The summed E-state index contributed by atoms with van der Waals surface area (Å²) in [5.41, 5.74) is 1.30. The van der Waals surface area contributed by atoms with Crippen molar-refractivity contribution >= 4 is 22.9 Å². The Kier molecular flexibility index (Phi) is 6.22. The number of aryl methyl sites for hydroxylation is 1. The van der Waals surface area contributed by atoms with E-state index in [9.17, 15) is 0 Å². The molecule has 114 valence electrons. The lowest BCUT2D eigenvalue weighted by Crippen LogP contribution is -2.30. The highest BCUT2D eigenvalue weighted by atomic mass is 35.5. The molecule has 1 N–H and O–H groups in total. The fourth-order valence-corrected chi connectivity index (χ4v) is 3.52. The molecule has 0 radical (unpaired) electrons. The second kappa shape index (κ2) is 7.92. The molecule has 1 atom stereocenters. The number of rotatable bonds is 7. The summed E-state index contributed by atoms with van der Waals surface area (Å²) >= 11 is 7.89. The van der Waals surface area contributed by atoms with Gasteiger partial charge >= 0.3 is 0 Å². The van der Waals surface area contributed by atoms with Crippen molar-refractivity contribution in [2.24, 2.45) is 5.92 Å². The molecule has 0 amide bonds. The fourth-order valence-electron chi connectivity index (χ4n) is 2.40. The number of halogens is 1. The van der Waals surface area contributed by atoms with Crippen LogP contribution in [-0.2, 0) is 12.8 Å². The molecule has 2 aromatic rings. The zero-order valence-corrected chi connectivity index (χ0v) is 14.5. The number of nitrogens with zero attached hydrogens (tertiary/aromatic N) is 1. The van der Waals surface area contributed by atoms with Crippen LogP contribution in [0.2, 0.25) is 5.02 Å². The van der Waals surface area contributed by atoms with E-state index in [0.717, 1.165) is 29.4 Å². The van der Waals surface area contributed by atoms with Crippen LogP contribution in [0.25, 0.3) is 0 Å². The molecule has 0 aliphatic heterocycles. The summed E-state index contributed by atoms with van der Waals surface area (Å²) in [6.07, 6.45) is 4.12. The van der Waals surface area contributed by atoms with Gasteiger partial charge in [0.15, 0.2) is 0 Å². The molecule has 1 aromatic carbocycles. The average molecular weight is 323 g/mol. The van der Waals surface area contributed by atoms with Crippen LogP contribution in [0.15, 0.2) is 30.5 Å². The van der Waals surface area contributed by atoms with Gasteiger partial charge in [-0.1, -0.05) is 37.6 Å². The third-order valence-corrected chi connectivity index (χ3v) is 4.56. The fraction of sp³-hybridized carbons (Fsp3) is 0.471. The van der Waals surface area contributed by atoms with Crippen LogP contribution in [0.5, 0.6) is 0 Å². The van der Waals surface area contributed by atoms with Crippen LogP contribution in [-0.4, -0.2) is 17.6 Å². The molecule has 0 fully saturated rings. The highest BCUT2D eigenvalue weighted by Crippen LogP contribution is 2.20. The molecular formula is C17H23ClN2S. The number of benzene rings is 1. The van der Waals surface area contributed by atoms with Gasteiger partial charge in [-0.15, -0.1) is 11.3 Å². The number of hydrogen-bond acceptors (Lipinski definition) is 3. The largest absolute Gasteiger partial charge is 0.314 e. The first-order valence-corrected chi connectivity index (χ1v) is 8.61. The van der Waals surface area contributed by atoms with Gasteiger partial charge in [-0.25, -0.2) is 4.98 Å². The first-order chi connectivity index (χ1) is 10.0. The van der Waals surface area contributed by atoms with E-state index in [-0.39, 0.29) is 0 Å². The standard InChI is InChI=1S/C17H23ClN2S/c1-12(2)19-10-15(9-17-11-20-13(3)21-17)7-14-5-4-6-16(18)8-14/h4-6,8,11-12,15,19H,7,9-10H2,1-3H3. The molecule has 0 bridgehead atoms. The van der Waals surface area contributed by atoms with Crippen molar-refractivity contribution in [1.29, 1.82) is 0 Å². The lowest BCUT2D eigenvalue weighted by molar-refractivity contribution is 0.446. The SMILES string of the molecule is Cc1ncc(CC(CNC(C)C)Cc2cccc(Cl)c2)s1. The van der Waals surface area contributed by atoms with Crippen molar-refractivity contribution in [3.63, 3.8) is 0 Å². The summed E-state index contributed by atoms with van der Waals surface area (Å²) in [4.78, 5) is 5.73. The van der Waals surface area contributed by atoms with E-state index >= 15 is 0 Å². The normalized spacial score (nSPS) is 12.8. The molecule has 1 heterocycles. The van der Waals surface area contributed by atoms with Crippen molar-refractivity contribution in [3.8, 4) is 0 Å². The summed E-state index contributed by atoms with van der Waals surface area (Å²) in [7, 11) is 0. The second-order valence-corrected chi connectivity index (χ2v) is 7.57. The molecule has 0 spiro atoms. The van der Waals surface area contributed by atoms with E-state index in [1.54, 1.807) is 11.3 Å². The molecule has 21 heavy (non-hydrogen) atoms. The minimum absolute atomic E-state index is 0.509. The minimum atomic E-state index is 0.509. The Balaban J connectivity index is 2.04. The van der Waals surface area contributed by atoms with E-state index in [4.69, 9.17) is 11.6 Å². The van der Waals surface area contributed by atoms with Crippen LogP contribution in [0.1, 0.15) is 29.3 Å². The first-order valence-electron chi connectivity index (χ1n) is 7.42. The number of hydrogen-bond donors (Lipinski definition) is 1. The third kappa shape index (κ3) is 5.77. The van der Waals surface area contributed by atoms with E-state index < -0.39 is 0 Å². The maximum Gasteiger partial charge on any atom is 0.0896 e. The minimum Gasteiger partial charge on any atom is -0.314 e. The summed E-state index contributed by atoms with van der Waals surface area (Å²) in [5.74, 6) is 0.561. The third-order valence-electron chi connectivity index (χ3n) is 3.39. The highest BCUT2D eigenvalue weighted by molar-refractivity contribution is 7.11. The summed E-state index contributed by atoms with van der Waals surface area (Å²) in [6.45, 7) is 7.45. The Morgan fingerprint density at radius 1 is 1.29 bits per heavy atom. The lowest BCUT2D eigenvalue weighted by Gasteiger charge is -2.19. The van der Waals surface area contributed by atoms with Crippen molar-refractivity contribution in [2.45, 2.75) is 39.7 Å². The Labute approximate surface area is 136 Å². The molecule has 0 saturated heterocycles. The molecule has 2 rings (SSSR count). The summed E-state index contributed by atoms with van der Waals surface area (Å²) in [6, 6.07) is 8.70. The molecule has 0 saturated carbocycles. The van der Waals surface area contributed by atoms with Crippen LogP contribution < -0.4 is 5.32 Å². The molecule has 1 aromatic heterocycles. The van der Waals surface area contributed by atoms with Gasteiger partial charge in [0.25, 0.3) is 0 Å². The van der Waals surface area contributed by atoms with Gasteiger partial charge in [-0.2, -0.15) is 0 Å². The van der Waals surface area contributed by atoms with Crippen molar-refractivity contribution in [1.82, 2.24) is 10.3 Å². The van der Waals surface area contributed by atoms with Gasteiger partial charge < -0.3 is 5.32 Å². The average Bonchev–Trinajstić information content (AvgIpc) is 2.81. The van der Waals surface area contributed by atoms with E-state index in [1.807, 2.05) is 18.3 Å². The van der Waals surface area contributed by atoms with Crippen LogP contribution in [0, 0.1) is 12.8 Å². The second-order valence-electron chi connectivity index (χ2n) is 5.81. The van der Waals surface area contributed by atoms with E-state index in [0.29, 0.717) is 12.0 Å². The molecule has 1 unspecified atom stereocenters. The van der Waals surface area contributed by atoms with Gasteiger partial charge in [0.1, 0.15) is 0 Å². The Hall–Kier alpha value is -0.900. The van der Waals surface area contributed by atoms with Crippen molar-refractivity contribution in [3.05, 3.63) is 50.9 Å². The Bertz CT molecular complexity index is 565. The van der Waals surface area contributed by atoms with Gasteiger partial charge in [0.2, 0.25) is 0 Å². The van der Waals surface area contributed by atoms with Gasteiger partial charge in [0, 0.05) is 22.1 Å². The van der Waals surface area contributed by atoms with Gasteiger partial charge in [-0.3, -0.25) is 0 Å². The maximum absolute atomic E-state index is 6.10. The number of aromatic nitrogens is 1. The number of nitrogens with one attached hydrogen (secondary N) is 1. The highest BCUT2D eigenvalue weighted by Gasteiger charge is 2.13. The molecule has 0 aliphatic carbocycles. The predicted octanol–water partition coefficient (Wildman–Crippen LogP) is 4.50. The lowest BCUT2D eigenvalue weighted by atomic mass is 9.95. The Morgan fingerprint density at radius 2 is 2.10 bits per heavy atom. The van der Waals surface area contributed by atoms with Crippen LogP contribution >= 0.6 is 22.9 Å². The van der Waals surface area contributed by atoms with Crippen LogP contribution in [0.4, 0.5) is 0 Å². The number of thiazole rings is 1. The van der Waals surface area contributed by atoms with Crippen LogP contribution in [0.3, 0.4) is 0 Å². The van der Waals surface area contributed by atoms with Gasteiger partial charge in [-0.05, 0) is 49.9 Å². The maximum atomic E-state index is 6.10. The molecule has 4 heteroatoms. The monoisotopic (exact) mass is 322 g/mol. The van der Waals surface area contributed by atoms with E-state index in [2.05, 4.69) is 43.2 Å². The quantitative estimate of drug-likeness (QED) is 0.811. The van der Waals surface area contributed by atoms with Gasteiger partial charge in [0.05, 0.1) is 5.01 Å². The van der Waals surface area contributed by atoms with Crippen molar-refractivity contribution in [2.75, 3.05) is 6.54 Å². The van der Waals surface area contributed by atoms with E-state index in [1.165, 1.54) is 10.4 Å². The molecule has 2 nitrogen and oxygen atoms in total. The van der Waals surface area contributed by atoms with Crippen molar-refractivity contribution < 1.29 is 0 Å². The zero-order chi connectivity index (χ0) is 15.2. The first kappa shape index (κ1) is 16.5.